The average molecular weight is 292 g/mol. The Morgan fingerprint density at radius 1 is 1.45 bits per heavy atom. The maximum Gasteiger partial charge on any atom is 0.277 e. The number of amides is 1. The van der Waals surface area contributed by atoms with Gasteiger partial charge in [-0.25, -0.2) is 0 Å². The second-order valence-corrected chi connectivity index (χ2v) is 5.53. The Balaban J connectivity index is 1.86. The Bertz CT molecular complexity index is 557. The Morgan fingerprint density at radius 2 is 2.30 bits per heavy atom. The zero-order chi connectivity index (χ0) is 14.4. The highest BCUT2D eigenvalue weighted by Crippen LogP contribution is 2.22. The van der Waals surface area contributed by atoms with Crippen LogP contribution in [0.15, 0.2) is 34.2 Å². The Hall–Kier alpha value is -1.89. The van der Waals surface area contributed by atoms with Crippen LogP contribution in [-0.2, 0) is 4.79 Å². The van der Waals surface area contributed by atoms with Crippen molar-refractivity contribution < 1.29 is 9.21 Å². The van der Waals surface area contributed by atoms with Crippen molar-refractivity contribution in [3.8, 4) is 11.5 Å². The van der Waals surface area contributed by atoms with Crippen LogP contribution in [0.4, 0.5) is 0 Å². The lowest BCUT2D eigenvalue weighted by molar-refractivity contribution is -0.118. The van der Waals surface area contributed by atoms with Gasteiger partial charge in [-0.05, 0) is 18.1 Å². The third-order valence-electron chi connectivity index (χ3n) is 2.35. The number of carbonyl (C=O) groups excluding carboxylic acids is 1. The number of pyridine rings is 1. The number of hydrogen-bond donors (Lipinski definition) is 1. The number of nitrogens with zero attached hydrogens (tertiary/aromatic N) is 3. The molecule has 2 rings (SSSR count). The first kappa shape index (κ1) is 14.5. The second-order valence-electron chi connectivity index (χ2n) is 4.60. The van der Waals surface area contributed by atoms with Crippen LogP contribution < -0.4 is 5.32 Å². The van der Waals surface area contributed by atoms with E-state index < -0.39 is 0 Å². The van der Waals surface area contributed by atoms with Gasteiger partial charge in [-0.2, -0.15) is 0 Å². The predicted octanol–water partition coefficient (Wildman–Crippen LogP) is 2.00. The van der Waals surface area contributed by atoms with E-state index >= 15 is 0 Å². The molecule has 2 heterocycles. The highest BCUT2D eigenvalue weighted by Gasteiger charge is 2.11. The fourth-order valence-electron chi connectivity index (χ4n) is 1.37. The summed E-state index contributed by atoms with van der Waals surface area (Å²) in [6.45, 7) is 4.77. The molecule has 7 heteroatoms. The van der Waals surface area contributed by atoms with Gasteiger partial charge in [0.25, 0.3) is 5.22 Å². The standard InChI is InChI=1S/C13H16N4O2S/c1-9(2)6-15-11(18)8-20-13-17-16-12(19-13)10-4-3-5-14-7-10/h3-5,7,9H,6,8H2,1-2H3,(H,15,18). The van der Waals surface area contributed by atoms with Gasteiger partial charge < -0.3 is 9.73 Å². The summed E-state index contributed by atoms with van der Waals surface area (Å²) in [4.78, 5) is 15.6. The largest absolute Gasteiger partial charge is 0.411 e. The van der Waals surface area contributed by atoms with Gasteiger partial charge in [0.05, 0.1) is 11.3 Å². The van der Waals surface area contributed by atoms with Crippen molar-refractivity contribution in [2.45, 2.75) is 19.1 Å². The Morgan fingerprint density at radius 3 is 3.00 bits per heavy atom. The molecule has 0 aliphatic heterocycles. The van der Waals surface area contributed by atoms with Crippen LogP contribution in [-0.4, -0.2) is 33.4 Å². The molecule has 106 valence electrons. The molecule has 0 aliphatic carbocycles. The van der Waals surface area contributed by atoms with Gasteiger partial charge in [-0.3, -0.25) is 9.78 Å². The van der Waals surface area contributed by atoms with Gasteiger partial charge in [0.1, 0.15) is 0 Å². The lowest BCUT2D eigenvalue weighted by atomic mass is 10.2. The van der Waals surface area contributed by atoms with Crippen molar-refractivity contribution in [1.82, 2.24) is 20.5 Å². The molecule has 0 unspecified atom stereocenters. The molecule has 1 amide bonds. The van der Waals surface area contributed by atoms with Crippen LogP contribution in [0.25, 0.3) is 11.5 Å². The Kier molecular flexibility index (Phi) is 5.11. The molecule has 0 aromatic carbocycles. The normalized spacial score (nSPS) is 10.8. The molecular formula is C13H16N4O2S. The molecular weight excluding hydrogens is 276 g/mol. The summed E-state index contributed by atoms with van der Waals surface area (Å²) in [5, 5.41) is 11.0. The molecule has 6 nitrogen and oxygen atoms in total. The fourth-order valence-corrected chi connectivity index (χ4v) is 1.96. The summed E-state index contributed by atoms with van der Waals surface area (Å²) in [5.74, 6) is 1.07. The minimum Gasteiger partial charge on any atom is -0.411 e. The molecule has 2 aromatic heterocycles. The molecule has 0 atom stereocenters. The van der Waals surface area contributed by atoms with E-state index in [9.17, 15) is 4.79 Å². The van der Waals surface area contributed by atoms with Crippen molar-refractivity contribution in [3.05, 3.63) is 24.5 Å². The number of hydrogen-bond acceptors (Lipinski definition) is 6. The smallest absolute Gasteiger partial charge is 0.277 e. The van der Waals surface area contributed by atoms with E-state index in [4.69, 9.17) is 4.42 Å². The third kappa shape index (κ3) is 4.34. The predicted molar refractivity (Wildman–Crippen MR) is 76.1 cm³/mol. The first-order valence-corrected chi connectivity index (χ1v) is 7.27. The number of nitrogens with one attached hydrogen (secondary N) is 1. The molecule has 0 spiro atoms. The number of rotatable bonds is 6. The van der Waals surface area contributed by atoms with Gasteiger partial charge in [-0.15, -0.1) is 10.2 Å². The van der Waals surface area contributed by atoms with Crippen LogP contribution in [0.5, 0.6) is 0 Å². The van der Waals surface area contributed by atoms with E-state index in [2.05, 4.69) is 20.5 Å². The molecule has 20 heavy (non-hydrogen) atoms. The molecule has 0 radical (unpaired) electrons. The molecule has 1 N–H and O–H groups in total. The van der Waals surface area contributed by atoms with Crippen molar-refractivity contribution in [2.75, 3.05) is 12.3 Å². The maximum atomic E-state index is 11.6. The van der Waals surface area contributed by atoms with E-state index in [1.165, 1.54) is 11.8 Å². The number of thioether (sulfide) groups is 1. The number of carbonyl (C=O) groups is 1. The van der Waals surface area contributed by atoms with Crippen molar-refractivity contribution in [2.24, 2.45) is 5.92 Å². The van der Waals surface area contributed by atoms with E-state index in [0.29, 0.717) is 23.6 Å². The lowest BCUT2D eigenvalue weighted by Gasteiger charge is -2.05. The fraction of sp³-hybridized carbons (Fsp3) is 0.385. The molecule has 0 fully saturated rings. The molecule has 0 bridgehead atoms. The van der Waals surface area contributed by atoms with Crippen LogP contribution in [0.3, 0.4) is 0 Å². The van der Waals surface area contributed by atoms with Gasteiger partial charge in [0.15, 0.2) is 0 Å². The summed E-state index contributed by atoms with van der Waals surface area (Å²) in [6, 6.07) is 3.63. The lowest BCUT2D eigenvalue weighted by Crippen LogP contribution is -2.28. The minimum absolute atomic E-state index is 0.0372. The van der Waals surface area contributed by atoms with Crippen LogP contribution in [0.2, 0.25) is 0 Å². The molecule has 2 aromatic rings. The van der Waals surface area contributed by atoms with E-state index in [-0.39, 0.29) is 11.7 Å². The van der Waals surface area contributed by atoms with Gasteiger partial charge in [-0.1, -0.05) is 25.6 Å². The monoisotopic (exact) mass is 292 g/mol. The van der Waals surface area contributed by atoms with E-state index in [1.807, 2.05) is 19.9 Å². The summed E-state index contributed by atoms with van der Waals surface area (Å²) in [7, 11) is 0. The summed E-state index contributed by atoms with van der Waals surface area (Å²) in [6.07, 6.45) is 3.33. The average Bonchev–Trinajstić information content (AvgIpc) is 2.93. The van der Waals surface area contributed by atoms with Crippen LogP contribution >= 0.6 is 11.8 Å². The summed E-state index contributed by atoms with van der Waals surface area (Å²) >= 11 is 1.22. The van der Waals surface area contributed by atoms with Crippen LogP contribution in [0.1, 0.15) is 13.8 Å². The van der Waals surface area contributed by atoms with Crippen molar-refractivity contribution >= 4 is 17.7 Å². The first-order valence-electron chi connectivity index (χ1n) is 6.28. The summed E-state index contributed by atoms with van der Waals surface area (Å²) in [5.41, 5.74) is 0.760. The molecule has 0 saturated carbocycles. The topological polar surface area (TPSA) is 80.9 Å². The molecule has 0 saturated heterocycles. The maximum absolute atomic E-state index is 11.6. The van der Waals surface area contributed by atoms with Crippen molar-refractivity contribution in [1.29, 1.82) is 0 Å². The van der Waals surface area contributed by atoms with Gasteiger partial charge >= 0.3 is 0 Å². The van der Waals surface area contributed by atoms with E-state index in [1.54, 1.807) is 18.5 Å². The Labute approximate surface area is 121 Å². The molecule has 0 aliphatic rings. The van der Waals surface area contributed by atoms with E-state index in [0.717, 1.165) is 5.56 Å². The highest BCUT2D eigenvalue weighted by molar-refractivity contribution is 7.99. The third-order valence-corrected chi connectivity index (χ3v) is 3.17. The highest BCUT2D eigenvalue weighted by atomic mass is 32.2. The summed E-state index contributed by atoms with van der Waals surface area (Å²) < 4.78 is 5.47. The van der Waals surface area contributed by atoms with Gasteiger partial charge in [0.2, 0.25) is 11.8 Å². The zero-order valence-corrected chi connectivity index (χ0v) is 12.2. The quantitative estimate of drug-likeness (QED) is 0.820. The van der Waals surface area contributed by atoms with Crippen molar-refractivity contribution in [3.63, 3.8) is 0 Å². The minimum atomic E-state index is -0.0372. The van der Waals surface area contributed by atoms with Gasteiger partial charge in [0, 0.05) is 18.9 Å². The zero-order valence-electron chi connectivity index (χ0n) is 11.4. The SMILES string of the molecule is CC(C)CNC(=O)CSc1nnc(-c2cccnc2)o1. The number of aromatic nitrogens is 3. The first-order chi connectivity index (χ1) is 9.65. The van der Waals surface area contributed by atoms with Crippen LogP contribution in [0, 0.1) is 5.92 Å². The second kappa shape index (κ2) is 7.04.